The molecule has 0 amide bonds. The first-order valence-corrected chi connectivity index (χ1v) is 6.22. The molecule has 3 heteroatoms. The average molecular weight is 281 g/mol. The summed E-state index contributed by atoms with van der Waals surface area (Å²) in [4.78, 5) is 2.43. The predicted octanol–water partition coefficient (Wildman–Crippen LogP) is 1.53. The summed E-state index contributed by atoms with van der Waals surface area (Å²) in [5.74, 6) is 0.823. The minimum absolute atomic E-state index is 0.548. The van der Waals surface area contributed by atoms with Gasteiger partial charge in [-0.05, 0) is 19.9 Å². The largest absolute Gasteiger partial charge is 0.374 e. The molecule has 0 aromatic rings. The van der Waals surface area contributed by atoms with Crippen LogP contribution in [-0.4, -0.2) is 41.7 Å². The van der Waals surface area contributed by atoms with Gasteiger partial charge < -0.3 is 9.64 Å². The number of piperidine rings is 1. The molecule has 3 unspecified atom stereocenters. The quantitative estimate of drug-likeness (QED) is 0.534. The summed E-state index contributed by atoms with van der Waals surface area (Å²) in [6, 6.07) is 0. The maximum absolute atomic E-state index is 5.93. The molecule has 0 spiro atoms. The molecule has 2 rings (SSSR count). The lowest BCUT2D eigenvalue weighted by atomic mass is 9.93. The van der Waals surface area contributed by atoms with E-state index in [-0.39, 0.29) is 0 Å². The van der Waals surface area contributed by atoms with Crippen molar-refractivity contribution in [2.24, 2.45) is 5.92 Å². The van der Waals surface area contributed by atoms with Crippen molar-refractivity contribution in [1.82, 2.24) is 4.90 Å². The Bertz CT molecular complexity index is 165. The highest BCUT2D eigenvalue weighted by atomic mass is 127. The topological polar surface area (TPSA) is 12.5 Å². The van der Waals surface area contributed by atoms with E-state index in [1.165, 1.54) is 25.9 Å². The van der Waals surface area contributed by atoms with Crippen LogP contribution in [0.25, 0.3) is 0 Å². The van der Waals surface area contributed by atoms with Crippen LogP contribution in [0, 0.1) is 5.92 Å². The second-order valence-corrected chi connectivity index (χ2v) is 4.88. The lowest BCUT2D eigenvalue weighted by Crippen LogP contribution is -2.38. The summed E-state index contributed by atoms with van der Waals surface area (Å²) in [6.07, 6.45) is 3.67. The highest BCUT2D eigenvalue weighted by Crippen LogP contribution is 2.32. The molecule has 2 nitrogen and oxygen atoms in total. The van der Waals surface area contributed by atoms with E-state index in [0.717, 1.165) is 10.3 Å². The van der Waals surface area contributed by atoms with Gasteiger partial charge in [-0.3, -0.25) is 0 Å². The molecule has 0 aromatic heterocycles. The Labute approximate surface area is 87.8 Å². The van der Waals surface area contributed by atoms with Gasteiger partial charge in [0.1, 0.15) is 0 Å². The van der Waals surface area contributed by atoms with Gasteiger partial charge in [-0.2, -0.15) is 0 Å². The van der Waals surface area contributed by atoms with Crippen molar-refractivity contribution in [1.29, 1.82) is 0 Å². The van der Waals surface area contributed by atoms with Crippen LogP contribution in [0.5, 0.6) is 0 Å². The molecular weight excluding hydrogens is 265 g/mol. The molecule has 70 valence electrons. The van der Waals surface area contributed by atoms with Gasteiger partial charge in [0, 0.05) is 23.4 Å². The Kier molecular flexibility index (Phi) is 2.92. The molecule has 2 saturated heterocycles. The molecule has 0 N–H and O–H groups in total. The molecule has 2 fully saturated rings. The summed E-state index contributed by atoms with van der Waals surface area (Å²) >= 11 is 2.43. The van der Waals surface area contributed by atoms with Gasteiger partial charge in [0.25, 0.3) is 0 Å². The van der Waals surface area contributed by atoms with E-state index in [9.17, 15) is 0 Å². The van der Waals surface area contributed by atoms with E-state index in [2.05, 4.69) is 34.5 Å². The zero-order valence-electron chi connectivity index (χ0n) is 7.50. The second-order valence-electron chi connectivity index (χ2n) is 4.00. The minimum atomic E-state index is 0.548. The van der Waals surface area contributed by atoms with Gasteiger partial charge in [-0.15, -0.1) is 0 Å². The Morgan fingerprint density at radius 1 is 1.58 bits per heavy atom. The van der Waals surface area contributed by atoms with Crippen molar-refractivity contribution in [3.05, 3.63) is 0 Å². The van der Waals surface area contributed by atoms with Gasteiger partial charge in [0.15, 0.2) is 0 Å². The van der Waals surface area contributed by atoms with Gasteiger partial charge in [-0.25, -0.2) is 0 Å². The summed E-state index contributed by atoms with van der Waals surface area (Å²) in [7, 11) is 2.22. The number of fused-ring (bicyclic) bond motifs is 1. The van der Waals surface area contributed by atoms with E-state index in [1.54, 1.807) is 0 Å². The standard InChI is InChI=1S/C9H16INO/c1-11-3-2-9-7(6-11)4-8(5-10)12-9/h7-9H,2-6H2,1H3. The Balaban J connectivity index is 1.93. The molecule has 12 heavy (non-hydrogen) atoms. The van der Waals surface area contributed by atoms with Crippen molar-refractivity contribution < 1.29 is 4.74 Å². The van der Waals surface area contributed by atoms with E-state index >= 15 is 0 Å². The monoisotopic (exact) mass is 281 g/mol. The maximum atomic E-state index is 5.93. The molecule has 0 aromatic carbocycles. The third kappa shape index (κ3) is 1.77. The number of hydrogen-bond donors (Lipinski definition) is 0. The van der Waals surface area contributed by atoms with E-state index in [1.807, 2.05) is 0 Å². The third-order valence-electron chi connectivity index (χ3n) is 2.97. The molecule has 3 atom stereocenters. The fourth-order valence-electron chi connectivity index (χ4n) is 2.34. The average Bonchev–Trinajstić information content (AvgIpc) is 2.46. The van der Waals surface area contributed by atoms with Crippen LogP contribution in [-0.2, 0) is 4.74 Å². The molecular formula is C9H16INO. The first kappa shape index (κ1) is 9.21. The zero-order chi connectivity index (χ0) is 8.55. The van der Waals surface area contributed by atoms with Crippen molar-refractivity contribution in [3.8, 4) is 0 Å². The number of alkyl halides is 1. The van der Waals surface area contributed by atoms with E-state index < -0.39 is 0 Å². The van der Waals surface area contributed by atoms with Crippen molar-refractivity contribution in [2.75, 3.05) is 24.6 Å². The first-order chi connectivity index (χ1) is 5.79. The predicted molar refractivity (Wildman–Crippen MR) is 57.8 cm³/mol. The Hall–Kier alpha value is 0.650. The van der Waals surface area contributed by atoms with Gasteiger partial charge in [0.2, 0.25) is 0 Å². The van der Waals surface area contributed by atoms with Crippen LogP contribution in [0.4, 0.5) is 0 Å². The van der Waals surface area contributed by atoms with Crippen molar-refractivity contribution in [2.45, 2.75) is 25.0 Å². The lowest BCUT2D eigenvalue weighted by molar-refractivity contribution is 0.0149. The number of rotatable bonds is 1. The van der Waals surface area contributed by atoms with Gasteiger partial charge in [-0.1, -0.05) is 22.6 Å². The van der Waals surface area contributed by atoms with E-state index in [0.29, 0.717) is 12.2 Å². The number of hydrogen-bond acceptors (Lipinski definition) is 2. The maximum Gasteiger partial charge on any atom is 0.0672 e. The van der Waals surface area contributed by atoms with Crippen LogP contribution in [0.2, 0.25) is 0 Å². The van der Waals surface area contributed by atoms with Crippen LogP contribution in [0.1, 0.15) is 12.8 Å². The molecule has 0 radical (unpaired) electrons. The zero-order valence-corrected chi connectivity index (χ0v) is 9.66. The molecule has 2 aliphatic heterocycles. The van der Waals surface area contributed by atoms with Crippen LogP contribution >= 0.6 is 22.6 Å². The fraction of sp³-hybridized carbons (Fsp3) is 1.00. The lowest BCUT2D eigenvalue weighted by Gasteiger charge is -2.31. The van der Waals surface area contributed by atoms with Gasteiger partial charge >= 0.3 is 0 Å². The first-order valence-electron chi connectivity index (χ1n) is 4.69. The summed E-state index contributed by atoms with van der Waals surface area (Å²) in [6.45, 7) is 2.47. The van der Waals surface area contributed by atoms with Crippen LogP contribution in [0.15, 0.2) is 0 Å². The molecule has 0 aliphatic carbocycles. The highest BCUT2D eigenvalue weighted by molar-refractivity contribution is 14.1. The number of likely N-dealkylation sites (tertiary alicyclic amines) is 1. The molecule has 0 bridgehead atoms. The smallest absolute Gasteiger partial charge is 0.0672 e. The van der Waals surface area contributed by atoms with Crippen molar-refractivity contribution in [3.63, 3.8) is 0 Å². The fourth-order valence-corrected chi connectivity index (χ4v) is 2.90. The van der Waals surface area contributed by atoms with E-state index in [4.69, 9.17) is 4.74 Å². The summed E-state index contributed by atoms with van der Waals surface area (Å²) in [5, 5.41) is 0. The van der Waals surface area contributed by atoms with Crippen LogP contribution in [0.3, 0.4) is 0 Å². The molecule has 2 aliphatic rings. The minimum Gasteiger partial charge on any atom is -0.374 e. The Morgan fingerprint density at radius 3 is 3.17 bits per heavy atom. The normalized spacial score (nSPS) is 43.0. The van der Waals surface area contributed by atoms with Crippen LogP contribution < -0.4 is 0 Å². The number of halogens is 1. The van der Waals surface area contributed by atoms with Gasteiger partial charge in [0.05, 0.1) is 12.2 Å². The summed E-state index contributed by atoms with van der Waals surface area (Å²) < 4.78 is 7.09. The Morgan fingerprint density at radius 2 is 2.42 bits per heavy atom. The van der Waals surface area contributed by atoms with Crippen molar-refractivity contribution >= 4 is 22.6 Å². The SMILES string of the molecule is CN1CCC2OC(CI)CC2C1. The number of nitrogens with zero attached hydrogens (tertiary/aromatic N) is 1. The number of ether oxygens (including phenoxy) is 1. The summed E-state index contributed by atoms with van der Waals surface area (Å²) in [5.41, 5.74) is 0. The molecule has 2 heterocycles. The second kappa shape index (κ2) is 3.80. The third-order valence-corrected chi connectivity index (χ3v) is 3.95. The molecule has 0 saturated carbocycles. The highest BCUT2D eigenvalue weighted by Gasteiger charge is 2.37.